The highest BCUT2D eigenvalue weighted by atomic mass is 35.5. The number of rotatable bonds is 5. The van der Waals surface area contributed by atoms with E-state index in [2.05, 4.69) is 143 Å². The maximum atomic E-state index is 6.54. The highest BCUT2D eigenvalue weighted by Crippen LogP contribution is 2.38. The average Bonchev–Trinajstić information content (AvgIpc) is 3.52. The summed E-state index contributed by atoms with van der Waals surface area (Å²) in [7, 11) is 0. The third-order valence-electron chi connectivity index (χ3n) is 8.85. The van der Waals surface area contributed by atoms with Crippen molar-refractivity contribution in [1.82, 2.24) is 15.0 Å². The van der Waals surface area contributed by atoms with Crippen molar-refractivity contribution in [3.05, 3.63) is 163 Å². The highest BCUT2D eigenvalue weighted by molar-refractivity contribution is 7.25. The van der Waals surface area contributed by atoms with Crippen LogP contribution < -0.4 is 0 Å². The van der Waals surface area contributed by atoms with Crippen molar-refractivity contribution in [1.29, 1.82) is 0 Å². The molecule has 0 unspecified atom stereocenters. The smallest absolute Gasteiger partial charge is 0.208 e. The van der Waals surface area contributed by atoms with E-state index in [9.17, 15) is 0 Å². The lowest BCUT2D eigenvalue weighted by Gasteiger charge is -2.09. The van der Waals surface area contributed by atoms with Crippen LogP contribution in [-0.4, -0.2) is 15.0 Å². The van der Waals surface area contributed by atoms with Crippen LogP contribution in [0.5, 0.6) is 0 Å². The number of aromatic nitrogens is 3. The molecule has 7 aromatic carbocycles. The minimum Gasteiger partial charge on any atom is -0.208 e. The van der Waals surface area contributed by atoms with E-state index in [-0.39, 0.29) is 5.28 Å². The van der Waals surface area contributed by atoms with Crippen molar-refractivity contribution >= 4 is 53.9 Å². The molecule has 0 saturated heterocycles. The number of fused-ring (bicyclic) bond motifs is 4. The van der Waals surface area contributed by atoms with Gasteiger partial charge >= 0.3 is 0 Å². The Balaban J connectivity index is 1.06. The van der Waals surface area contributed by atoms with E-state index < -0.39 is 0 Å². The monoisotopic (exact) mass is 651 g/mol. The minimum atomic E-state index is 0.170. The molecule has 0 aliphatic rings. The molecule has 9 rings (SSSR count). The Morgan fingerprint density at radius 2 is 0.812 bits per heavy atom. The van der Waals surface area contributed by atoms with Crippen molar-refractivity contribution in [3.63, 3.8) is 0 Å². The van der Waals surface area contributed by atoms with E-state index in [0.29, 0.717) is 11.6 Å². The Hall–Kier alpha value is -5.68. The summed E-state index contributed by atoms with van der Waals surface area (Å²) in [6.07, 6.45) is 0. The van der Waals surface area contributed by atoms with E-state index in [4.69, 9.17) is 16.6 Å². The van der Waals surface area contributed by atoms with E-state index in [1.165, 1.54) is 53.2 Å². The second kappa shape index (κ2) is 11.8. The summed E-state index contributed by atoms with van der Waals surface area (Å²) in [6.45, 7) is 0. The molecule has 0 atom stereocenters. The van der Waals surface area contributed by atoms with E-state index in [1.54, 1.807) is 11.3 Å². The summed E-state index contributed by atoms with van der Waals surface area (Å²) in [5, 5.41) is 5.03. The van der Waals surface area contributed by atoms with Crippen molar-refractivity contribution in [2.75, 3.05) is 0 Å². The van der Waals surface area contributed by atoms with Gasteiger partial charge in [-0.2, -0.15) is 9.97 Å². The molecular formula is C43H26ClN3S. The van der Waals surface area contributed by atoms with Crippen LogP contribution in [0.1, 0.15) is 0 Å². The van der Waals surface area contributed by atoms with Crippen molar-refractivity contribution in [2.24, 2.45) is 0 Å². The molecule has 9 aromatic rings. The van der Waals surface area contributed by atoms with Gasteiger partial charge in [0.15, 0.2) is 11.6 Å². The first-order valence-electron chi connectivity index (χ1n) is 15.8. The van der Waals surface area contributed by atoms with E-state index in [1.807, 2.05) is 24.3 Å². The van der Waals surface area contributed by atoms with Crippen molar-refractivity contribution in [2.45, 2.75) is 0 Å². The van der Waals surface area contributed by atoms with Crippen LogP contribution in [0.3, 0.4) is 0 Å². The van der Waals surface area contributed by atoms with Crippen LogP contribution in [0.4, 0.5) is 0 Å². The van der Waals surface area contributed by atoms with E-state index >= 15 is 0 Å². The quantitative estimate of drug-likeness (QED) is 0.186. The molecule has 3 nitrogen and oxygen atoms in total. The number of halogens is 1. The summed E-state index contributed by atoms with van der Waals surface area (Å²) in [5.74, 6) is 1.10. The third-order valence-corrected chi connectivity index (χ3v) is 10.1. The highest BCUT2D eigenvalue weighted by Gasteiger charge is 2.14. The molecule has 0 radical (unpaired) electrons. The van der Waals surface area contributed by atoms with Gasteiger partial charge in [0, 0.05) is 31.3 Å². The minimum absolute atomic E-state index is 0.170. The Morgan fingerprint density at radius 1 is 0.354 bits per heavy atom. The number of nitrogens with zero attached hydrogens (tertiary/aromatic N) is 3. The van der Waals surface area contributed by atoms with Gasteiger partial charge in [0.25, 0.3) is 0 Å². The van der Waals surface area contributed by atoms with Gasteiger partial charge in [0.1, 0.15) is 0 Å². The lowest BCUT2D eigenvalue weighted by atomic mass is 9.97. The molecule has 0 amide bonds. The topological polar surface area (TPSA) is 38.7 Å². The molecule has 5 heteroatoms. The molecule has 0 saturated carbocycles. The lowest BCUT2D eigenvalue weighted by Crippen LogP contribution is -1.97. The molecule has 48 heavy (non-hydrogen) atoms. The summed E-state index contributed by atoms with van der Waals surface area (Å²) in [6, 6.07) is 55.6. The molecule has 0 aliphatic carbocycles. The zero-order chi connectivity index (χ0) is 32.0. The predicted octanol–water partition coefficient (Wildman–Crippen LogP) is 12.4. The van der Waals surface area contributed by atoms with Gasteiger partial charge in [-0.1, -0.05) is 127 Å². The normalized spacial score (nSPS) is 11.4. The first kappa shape index (κ1) is 28.5. The Bertz CT molecular complexity index is 2630. The van der Waals surface area contributed by atoms with Crippen LogP contribution in [-0.2, 0) is 0 Å². The van der Waals surface area contributed by atoms with Gasteiger partial charge in [0.05, 0.1) is 0 Å². The second-order valence-corrected chi connectivity index (χ2v) is 13.3. The first-order chi connectivity index (χ1) is 23.6. The molecule has 0 spiro atoms. The van der Waals surface area contributed by atoms with Crippen LogP contribution in [0.2, 0.25) is 5.28 Å². The fraction of sp³-hybridized carbons (Fsp3) is 0. The SMILES string of the molecule is Clc1nc(-c2cccc(-c3ccc4ccc(-c5ccccc5)cc4c3)c2)nc(-c2ccc3c(c2)sc2cc(-c4ccccc4)ccc23)n1. The standard InChI is InChI=1S/C43H26ClN3S/c44-43-46-41(34-13-7-12-30(22-34)32-17-15-29-14-16-31(23-36(29)24-32)27-8-3-1-4-9-27)45-42(47-43)35-19-21-38-37-20-18-33(28-10-5-2-6-11-28)25-39(37)48-40(38)26-35/h1-26H. The van der Waals surface area contributed by atoms with Gasteiger partial charge in [-0.3, -0.25) is 0 Å². The zero-order valence-electron chi connectivity index (χ0n) is 25.6. The average molecular weight is 652 g/mol. The zero-order valence-corrected chi connectivity index (χ0v) is 27.2. The fourth-order valence-electron chi connectivity index (χ4n) is 6.41. The third kappa shape index (κ3) is 5.31. The number of benzene rings is 7. The van der Waals surface area contributed by atoms with Gasteiger partial charge < -0.3 is 0 Å². The number of hydrogen-bond donors (Lipinski definition) is 0. The predicted molar refractivity (Wildman–Crippen MR) is 202 cm³/mol. The maximum absolute atomic E-state index is 6.54. The largest absolute Gasteiger partial charge is 0.226 e. The fourth-order valence-corrected chi connectivity index (χ4v) is 7.75. The molecule has 2 heterocycles. The molecule has 0 N–H and O–H groups in total. The Morgan fingerprint density at radius 3 is 1.46 bits per heavy atom. The number of thiophene rings is 1. The van der Waals surface area contributed by atoms with Crippen LogP contribution in [0.15, 0.2) is 158 Å². The summed E-state index contributed by atoms with van der Waals surface area (Å²) < 4.78 is 2.43. The second-order valence-electron chi connectivity index (χ2n) is 11.9. The van der Waals surface area contributed by atoms with Gasteiger partial charge in [0.2, 0.25) is 5.28 Å². The lowest BCUT2D eigenvalue weighted by molar-refractivity contribution is 1.07. The first-order valence-corrected chi connectivity index (χ1v) is 17.0. The van der Waals surface area contributed by atoms with E-state index in [0.717, 1.165) is 22.3 Å². The van der Waals surface area contributed by atoms with Crippen LogP contribution >= 0.6 is 22.9 Å². The summed E-state index contributed by atoms with van der Waals surface area (Å²) in [5.41, 5.74) is 8.83. The maximum Gasteiger partial charge on any atom is 0.226 e. The Kier molecular flexibility index (Phi) is 7.04. The molecule has 0 bridgehead atoms. The van der Waals surface area contributed by atoms with Crippen molar-refractivity contribution in [3.8, 4) is 56.2 Å². The molecular weight excluding hydrogens is 626 g/mol. The molecule has 0 aliphatic heterocycles. The van der Waals surface area contributed by atoms with Crippen LogP contribution in [0.25, 0.3) is 87.1 Å². The van der Waals surface area contributed by atoms with Gasteiger partial charge in [-0.25, -0.2) is 4.98 Å². The number of hydrogen-bond acceptors (Lipinski definition) is 4. The van der Waals surface area contributed by atoms with Gasteiger partial charge in [-0.05, 0) is 86.1 Å². The van der Waals surface area contributed by atoms with Gasteiger partial charge in [-0.15, -0.1) is 11.3 Å². The van der Waals surface area contributed by atoms with Crippen molar-refractivity contribution < 1.29 is 0 Å². The molecule has 226 valence electrons. The molecule has 2 aromatic heterocycles. The summed E-state index contributed by atoms with van der Waals surface area (Å²) in [4.78, 5) is 14.0. The Labute approximate surface area is 286 Å². The summed E-state index contributed by atoms with van der Waals surface area (Å²) >= 11 is 8.32. The van der Waals surface area contributed by atoms with Crippen LogP contribution in [0, 0.1) is 0 Å². The molecule has 0 fully saturated rings.